The maximum Gasteiger partial charge on any atom is 0.178 e. The molecule has 0 saturated heterocycles. The van der Waals surface area contributed by atoms with Crippen molar-refractivity contribution in [2.24, 2.45) is 0 Å². The van der Waals surface area contributed by atoms with E-state index in [0.29, 0.717) is 28.7 Å². The number of ketones is 1. The van der Waals surface area contributed by atoms with E-state index in [1.807, 2.05) is 0 Å². The Hall–Kier alpha value is -0.650. The first-order chi connectivity index (χ1) is 8.58. The zero-order valence-electron chi connectivity index (χ0n) is 9.77. The molecule has 0 fully saturated rings. The maximum atomic E-state index is 12.0. The van der Waals surface area contributed by atoms with Gasteiger partial charge in [-0.1, -0.05) is 23.2 Å². The second kappa shape index (κ2) is 7.71. The van der Waals surface area contributed by atoms with Crippen LogP contribution in [0.2, 0.25) is 10.0 Å². The van der Waals surface area contributed by atoms with Crippen molar-refractivity contribution in [3.63, 3.8) is 0 Å². The standard InChI is InChI=1S/C12H15Cl2NO3/c13-9-1-2-10(11(14)7-9)12(18)8-15(3-5-16)4-6-17/h1-2,7,16-17H,3-6,8H2. The molecule has 1 aromatic carbocycles. The van der Waals surface area contributed by atoms with Gasteiger partial charge in [0.05, 0.1) is 24.8 Å². The van der Waals surface area contributed by atoms with E-state index in [9.17, 15) is 4.79 Å². The highest BCUT2D eigenvalue weighted by Crippen LogP contribution is 2.21. The third-order valence-electron chi connectivity index (χ3n) is 2.43. The van der Waals surface area contributed by atoms with Gasteiger partial charge >= 0.3 is 0 Å². The van der Waals surface area contributed by atoms with E-state index in [-0.39, 0.29) is 25.5 Å². The monoisotopic (exact) mass is 291 g/mol. The molecule has 6 heteroatoms. The van der Waals surface area contributed by atoms with Gasteiger partial charge in [0.1, 0.15) is 0 Å². The van der Waals surface area contributed by atoms with E-state index in [1.54, 1.807) is 17.0 Å². The van der Waals surface area contributed by atoms with Gasteiger partial charge in [0.15, 0.2) is 5.78 Å². The van der Waals surface area contributed by atoms with Gasteiger partial charge in [0.2, 0.25) is 0 Å². The van der Waals surface area contributed by atoms with Gasteiger partial charge in [-0.3, -0.25) is 9.69 Å². The molecule has 0 saturated carbocycles. The van der Waals surface area contributed by atoms with Crippen molar-refractivity contribution in [1.29, 1.82) is 0 Å². The Bertz CT molecular complexity index is 406. The van der Waals surface area contributed by atoms with Crippen molar-refractivity contribution in [2.45, 2.75) is 0 Å². The molecule has 0 unspecified atom stereocenters. The predicted molar refractivity (Wildman–Crippen MR) is 71.4 cm³/mol. The Balaban J connectivity index is 2.73. The molecule has 4 nitrogen and oxygen atoms in total. The Kier molecular flexibility index (Phi) is 6.60. The van der Waals surface area contributed by atoms with Gasteiger partial charge in [0.25, 0.3) is 0 Å². The number of rotatable bonds is 7. The van der Waals surface area contributed by atoms with Crippen molar-refractivity contribution >= 4 is 29.0 Å². The number of hydrogen-bond acceptors (Lipinski definition) is 4. The number of nitrogens with zero attached hydrogens (tertiary/aromatic N) is 1. The molecule has 0 amide bonds. The molecule has 100 valence electrons. The summed E-state index contributed by atoms with van der Waals surface area (Å²) in [6.07, 6.45) is 0. The van der Waals surface area contributed by atoms with E-state index in [0.717, 1.165) is 0 Å². The molecule has 0 aromatic heterocycles. The van der Waals surface area contributed by atoms with Gasteiger partial charge in [-0.15, -0.1) is 0 Å². The summed E-state index contributed by atoms with van der Waals surface area (Å²) in [4.78, 5) is 13.7. The van der Waals surface area contributed by atoms with Crippen LogP contribution < -0.4 is 0 Å². The highest BCUT2D eigenvalue weighted by atomic mass is 35.5. The zero-order chi connectivity index (χ0) is 13.5. The molecule has 0 atom stereocenters. The number of hydrogen-bond donors (Lipinski definition) is 2. The number of halogens is 2. The molecule has 2 N–H and O–H groups in total. The lowest BCUT2D eigenvalue weighted by atomic mass is 10.1. The molecule has 0 radical (unpaired) electrons. The van der Waals surface area contributed by atoms with E-state index >= 15 is 0 Å². The third-order valence-corrected chi connectivity index (χ3v) is 2.98. The summed E-state index contributed by atoms with van der Waals surface area (Å²) < 4.78 is 0. The fraction of sp³-hybridized carbons (Fsp3) is 0.417. The van der Waals surface area contributed by atoms with Crippen LogP contribution in [0.1, 0.15) is 10.4 Å². The highest BCUT2D eigenvalue weighted by Gasteiger charge is 2.14. The largest absolute Gasteiger partial charge is 0.395 e. The van der Waals surface area contributed by atoms with Gasteiger partial charge in [-0.25, -0.2) is 0 Å². The number of aliphatic hydroxyl groups excluding tert-OH is 2. The van der Waals surface area contributed by atoms with Crippen LogP contribution in [0.25, 0.3) is 0 Å². The van der Waals surface area contributed by atoms with Crippen LogP contribution in [0, 0.1) is 0 Å². The van der Waals surface area contributed by atoms with Crippen molar-refractivity contribution < 1.29 is 15.0 Å². The number of benzene rings is 1. The van der Waals surface area contributed by atoms with Crippen LogP contribution in [0.15, 0.2) is 18.2 Å². The van der Waals surface area contributed by atoms with E-state index in [4.69, 9.17) is 33.4 Å². The minimum atomic E-state index is -0.168. The molecular formula is C12H15Cl2NO3. The summed E-state index contributed by atoms with van der Waals surface area (Å²) in [5, 5.41) is 18.5. The molecule has 0 aliphatic carbocycles. The van der Waals surface area contributed by atoms with E-state index < -0.39 is 0 Å². The highest BCUT2D eigenvalue weighted by molar-refractivity contribution is 6.36. The predicted octanol–water partition coefficient (Wildman–Crippen LogP) is 1.46. The Morgan fingerprint density at radius 3 is 2.28 bits per heavy atom. The summed E-state index contributed by atoms with van der Waals surface area (Å²) in [6, 6.07) is 4.69. The summed E-state index contributed by atoms with van der Waals surface area (Å²) >= 11 is 11.7. The second-order valence-corrected chi connectivity index (χ2v) is 4.61. The SMILES string of the molecule is O=C(CN(CCO)CCO)c1ccc(Cl)cc1Cl. The minimum Gasteiger partial charge on any atom is -0.395 e. The maximum absolute atomic E-state index is 12.0. The minimum absolute atomic E-state index is 0.0678. The summed E-state index contributed by atoms with van der Waals surface area (Å²) in [6.45, 7) is 0.626. The van der Waals surface area contributed by atoms with Gasteiger partial charge < -0.3 is 10.2 Å². The molecule has 1 rings (SSSR count). The zero-order valence-corrected chi connectivity index (χ0v) is 11.3. The Labute approximate surface area is 116 Å². The Morgan fingerprint density at radius 2 is 1.78 bits per heavy atom. The summed E-state index contributed by atoms with van der Waals surface area (Å²) in [7, 11) is 0. The molecule has 0 spiro atoms. The van der Waals surface area contributed by atoms with Crippen molar-refractivity contribution in [3.8, 4) is 0 Å². The van der Waals surface area contributed by atoms with Crippen LogP contribution >= 0.6 is 23.2 Å². The fourth-order valence-electron chi connectivity index (χ4n) is 1.56. The smallest absolute Gasteiger partial charge is 0.178 e. The molecule has 0 heterocycles. The van der Waals surface area contributed by atoms with Gasteiger partial charge in [0, 0.05) is 23.7 Å². The lowest BCUT2D eigenvalue weighted by molar-refractivity contribution is 0.0894. The van der Waals surface area contributed by atoms with Crippen LogP contribution in [0.4, 0.5) is 0 Å². The number of carbonyl (C=O) groups is 1. The normalized spacial score (nSPS) is 10.9. The van der Waals surface area contributed by atoms with Crippen LogP contribution in [-0.2, 0) is 0 Å². The average molecular weight is 292 g/mol. The first kappa shape index (κ1) is 15.4. The van der Waals surface area contributed by atoms with Crippen molar-refractivity contribution in [2.75, 3.05) is 32.8 Å². The lowest BCUT2D eigenvalue weighted by Gasteiger charge is -2.19. The number of aliphatic hydroxyl groups is 2. The van der Waals surface area contributed by atoms with Crippen LogP contribution in [0.3, 0.4) is 0 Å². The second-order valence-electron chi connectivity index (χ2n) is 3.77. The van der Waals surface area contributed by atoms with E-state index in [1.165, 1.54) is 6.07 Å². The summed E-state index contributed by atoms with van der Waals surface area (Å²) in [5.41, 5.74) is 0.391. The van der Waals surface area contributed by atoms with Crippen LogP contribution in [-0.4, -0.2) is 53.7 Å². The first-order valence-electron chi connectivity index (χ1n) is 5.50. The number of carbonyl (C=O) groups excluding carboxylic acids is 1. The van der Waals surface area contributed by atoms with Gasteiger partial charge in [-0.2, -0.15) is 0 Å². The first-order valence-corrected chi connectivity index (χ1v) is 6.26. The molecule has 18 heavy (non-hydrogen) atoms. The van der Waals surface area contributed by atoms with Crippen molar-refractivity contribution in [3.05, 3.63) is 33.8 Å². The molecule has 1 aromatic rings. The summed E-state index contributed by atoms with van der Waals surface area (Å²) in [5.74, 6) is -0.168. The van der Waals surface area contributed by atoms with Crippen LogP contribution in [0.5, 0.6) is 0 Å². The fourth-order valence-corrected chi connectivity index (χ4v) is 2.07. The Morgan fingerprint density at radius 1 is 1.17 bits per heavy atom. The average Bonchev–Trinajstić information content (AvgIpc) is 2.29. The number of Topliss-reactive ketones (excluding diaryl/α,β-unsaturated/α-hetero) is 1. The molecule has 0 aliphatic heterocycles. The van der Waals surface area contributed by atoms with E-state index in [2.05, 4.69) is 0 Å². The lowest BCUT2D eigenvalue weighted by Crippen LogP contribution is -2.34. The molecule has 0 aliphatic rings. The van der Waals surface area contributed by atoms with Crippen molar-refractivity contribution in [1.82, 2.24) is 4.90 Å². The quantitative estimate of drug-likeness (QED) is 0.747. The molecular weight excluding hydrogens is 277 g/mol. The molecule has 0 bridgehead atoms. The topological polar surface area (TPSA) is 60.8 Å². The van der Waals surface area contributed by atoms with Gasteiger partial charge in [-0.05, 0) is 18.2 Å². The third kappa shape index (κ3) is 4.55.